The van der Waals surface area contributed by atoms with Crippen LogP contribution in [0, 0.1) is 0 Å². The molecule has 0 unspecified atom stereocenters. The third kappa shape index (κ3) is 1.88. The van der Waals surface area contributed by atoms with Crippen molar-refractivity contribution in [2.75, 3.05) is 0 Å². The molecule has 7 nitrogen and oxygen atoms in total. The van der Waals surface area contributed by atoms with Crippen LogP contribution in [-0.2, 0) is 10.0 Å². The molecule has 0 spiro atoms. The molecule has 0 aliphatic rings. The average Bonchev–Trinajstić information content (AvgIpc) is 2.86. The maximum atomic E-state index is 11.1. The summed E-state index contributed by atoms with van der Waals surface area (Å²) in [6.45, 7) is 0. The van der Waals surface area contributed by atoms with Crippen LogP contribution in [0.2, 0.25) is 0 Å². The van der Waals surface area contributed by atoms with Crippen molar-refractivity contribution in [3.8, 4) is 11.4 Å². The smallest absolute Gasteiger partial charge is 0.255 e. The van der Waals surface area contributed by atoms with Gasteiger partial charge < -0.3 is 0 Å². The van der Waals surface area contributed by atoms with E-state index in [9.17, 15) is 8.42 Å². The van der Waals surface area contributed by atoms with Crippen LogP contribution < -0.4 is 5.14 Å². The van der Waals surface area contributed by atoms with E-state index in [1.807, 2.05) is 12.1 Å². The maximum Gasteiger partial charge on any atom is 0.267 e. The summed E-state index contributed by atoms with van der Waals surface area (Å²) in [4.78, 5) is 8.86. The van der Waals surface area contributed by atoms with Crippen molar-refractivity contribution in [3.05, 3.63) is 30.6 Å². The zero-order valence-corrected chi connectivity index (χ0v) is 10.5. The molecule has 0 bridgehead atoms. The van der Waals surface area contributed by atoms with Crippen molar-refractivity contribution in [1.29, 1.82) is 0 Å². The number of hydrogen-bond donors (Lipinski definition) is 1. The van der Waals surface area contributed by atoms with Gasteiger partial charge in [0.15, 0.2) is 0 Å². The third-order valence-corrected chi connectivity index (χ3v) is 4.43. The number of nitrogens with two attached hydrogens (primary N) is 1. The summed E-state index contributed by atoms with van der Waals surface area (Å²) >= 11 is 0.920. The Balaban J connectivity index is 2.12. The third-order valence-electron chi connectivity index (χ3n) is 2.20. The van der Waals surface area contributed by atoms with Gasteiger partial charge in [-0.15, -0.1) is 5.10 Å². The molecule has 3 rings (SSSR count). The van der Waals surface area contributed by atoms with Gasteiger partial charge in [0.05, 0.1) is 11.9 Å². The second-order valence-electron chi connectivity index (χ2n) is 3.48. The van der Waals surface area contributed by atoms with Crippen LogP contribution in [0.3, 0.4) is 0 Å². The second kappa shape index (κ2) is 3.83. The highest BCUT2D eigenvalue weighted by atomic mass is 32.2. The molecule has 0 radical (unpaired) electrons. The molecule has 3 heterocycles. The highest BCUT2D eigenvalue weighted by Crippen LogP contribution is 2.22. The molecule has 0 aliphatic carbocycles. The Kier molecular flexibility index (Phi) is 2.40. The van der Waals surface area contributed by atoms with E-state index in [1.54, 1.807) is 18.5 Å². The average molecular weight is 281 g/mol. The Morgan fingerprint density at radius 1 is 1.28 bits per heavy atom. The van der Waals surface area contributed by atoms with E-state index in [0.29, 0.717) is 16.3 Å². The van der Waals surface area contributed by atoms with Gasteiger partial charge in [0, 0.05) is 6.20 Å². The number of primary sulfonamides is 1. The number of hydrogen-bond acceptors (Lipinski definition) is 6. The Morgan fingerprint density at radius 2 is 2.11 bits per heavy atom. The molecule has 3 aromatic rings. The van der Waals surface area contributed by atoms with E-state index in [4.69, 9.17) is 5.14 Å². The molecular weight excluding hydrogens is 274 g/mol. The standard InChI is InChI=1S/C9H7N5O2S2/c10-18(15,16)9-13-14-5-7(12-8(14)17-9)6-3-1-2-4-11-6/h1-5H,(H2,10,15,16). The lowest BCUT2D eigenvalue weighted by atomic mass is 10.3. The van der Waals surface area contributed by atoms with Crippen LogP contribution in [0.5, 0.6) is 0 Å². The van der Waals surface area contributed by atoms with Gasteiger partial charge in [-0.05, 0) is 12.1 Å². The number of fused-ring (bicyclic) bond motifs is 1. The Labute approximate surface area is 106 Å². The van der Waals surface area contributed by atoms with Gasteiger partial charge in [0.1, 0.15) is 5.69 Å². The zero-order valence-electron chi connectivity index (χ0n) is 8.89. The number of sulfonamides is 1. The van der Waals surface area contributed by atoms with E-state index < -0.39 is 10.0 Å². The van der Waals surface area contributed by atoms with Gasteiger partial charge in [-0.3, -0.25) is 4.98 Å². The lowest BCUT2D eigenvalue weighted by Crippen LogP contribution is -2.12. The molecule has 3 aromatic heterocycles. The molecule has 2 N–H and O–H groups in total. The summed E-state index contributed by atoms with van der Waals surface area (Å²) in [7, 11) is -3.78. The van der Waals surface area contributed by atoms with E-state index in [-0.39, 0.29) is 4.34 Å². The minimum absolute atomic E-state index is 0.155. The molecule has 0 amide bonds. The van der Waals surface area contributed by atoms with Crippen molar-refractivity contribution >= 4 is 26.3 Å². The topological polar surface area (TPSA) is 103 Å². The Morgan fingerprint density at radius 3 is 2.72 bits per heavy atom. The highest BCUT2D eigenvalue weighted by Gasteiger charge is 2.17. The van der Waals surface area contributed by atoms with Crippen molar-refractivity contribution in [1.82, 2.24) is 19.6 Å². The first-order valence-corrected chi connectivity index (χ1v) is 7.21. The lowest BCUT2D eigenvalue weighted by Gasteiger charge is -1.92. The zero-order chi connectivity index (χ0) is 12.8. The number of imidazole rings is 1. The second-order valence-corrected chi connectivity index (χ2v) is 6.17. The Bertz CT molecular complexity index is 774. The van der Waals surface area contributed by atoms with Crippen LogP contribution in [0.4, 0.5) is 0 Å². The molecule has 0 atom stereocenters. The lowest BCUT2D eigenvalue weighted by molar-refractivity contribution is 0.595. The fraction of sp³-hybridized carbons (Fsp3) is 0. The fourth-order valence-corrected chi connectivity index (χ4v) is 2.94. The molecule has 0 fully saturated rings. The van der Waals surface area contributed by atoms with Crippen molar-refractivity contribution in [2.24, 2.45) is 5.14 Å². The van der Waals surface area contributed by atoms with Crippen LogP contribution in [-0.4, -0.2) is 28.0 Å². The van der Waals surface area contributed by atoms with Gasteiger partial charge in [-0.25, -0.2) is 23.1 Å². The maximum absolute atomic E-state index is 11.1. The van der Waals surface area contributed by atoms with E-state index >= 15 is 0 Å². The van der Waals surface area contributed by atoms with Crippen molar-refractivity contribution in [2.45, 2.75) is 4.34 Å². The molecule has 0 saturated heterocycles. The van der Waals surface area contributed by atoms with E-state index in [1.165, 1.54) is 4.52 Å². The Hall–Kier alpha value is -1.84. The summed E-state index contributed by atoms with van der Waals surface area (Å²) in [5, 5.41) is 8.86. The van der Waals surface area contributed by atoms with Crippen molar-refractivity contribution < 1.29 is 8.42 Å². The van der Waals surface area contributed by atoms with Crippen LogP contribution in [0.1, 0.15) is 0 Å². The quantitative estimate of drug-likeness (QED) is 0.736. The number of pyridine rings is 1. The molecule has 0 aromatic carbocycles. The number of nitrogens with zero attached hydrogens (tertiary/aromatic N) is 4. The van der Waals surface area contributed by atoms with Gasteiger partial charge in [0.2, 0.25) is 9.30 Å². The number of aromatic nitrogens is 4. The van der Waals surface area contributed by atoms with Crippen LogP contribution in [0.25, 0.3) is 16.3 Å². The predicted molar refractivity (Wildman–Crippen MR) is 65.5 cm³/mol. The molecule has 9 heteroatoms. The van der Waals surface area contributed by atoms with Gasteiger partial charge in [-0.2, -0.15) is 0 Å². The predicted octanol–water partition coefficient (Wildman–Crippen LogP) is 0.500. The first kappa shape index (κ1) is 11.3. The van der Waals surface area contributed by atoms with E-state index in [0.717, 1.165) is 11.3 Å². The fourth-order valence-electron chi connectivity index (χ4n) is 1.43. The molecule has 92 valence electrons. The largest absolute Gasteiger partial charge is 0.267 e. The molecular formula is C9H7N5O2S2. The SMILES string of the molecule is NS(=O)(=O)c1nn2cc(-c3ccccn3)nc2s1. The van der Waals surface area contributed by atoms with Crippen LogP contribution in [0.15, 0.2) is 34.9 Å². The summed E-state index contributed by atoms with van der Waals surface area (Å²) in [5.41, 5.74) is 1.34. The van der Waals surface area contributed by atoms with E-state index in [2.05, 4.69) is 15.1 Å². The van der Waals surface area contributed by atoms with Crippen LogP contribution >= 0.6 is 11.3 Å². The summed E-state index contributed by atoms with van der Waals surface area (Å²) in [6.07, 6.45) is 3.27. The molecule has 18 heavy (non-hydrogen) atoms. The minimum Gasteiger partial charge on any atom is -0.255 e. The summed E-state index contributed by atoms with van der Waals surface area (Å²) in [6, 6.07) is 5.46. The van der Waals surface area contributed by atoms with Crippen molar-refractivity contribution in [3.63, 3.8) is 0 Å². The normalized spacial score (nSPS) is 12.1. The molecule has 0 aliphatic heterocycles. The van der Waals surface area contributed by atoms with Gasteiger partial charge in [0.25, 0.3) is 10.0 Å². The van der Waals surface area contributed by atoms with Gasteiger partial charge >= 0.3 is 0 Å². The molecule has 0 saturated carbocycles. The summed E-state index contributed by atoms with van der Waals surface area (Å²) in [5.74, 6) is 0. The monoisotopic (exact) mass is 281 g/mol. The first-order valence-electron chi connectivity index (χ1n) is 4.84. The first-order chi connectivity index (χ1) is 8.54. The minimum atomic E-state index is -3.78. The van der Waals surface area contributed by atoms with Gasteiger partial charge in [-0.1, -0.05) is 17.4 Å². The highest BCUT2D eigenvalue weighted by molar-refractivity contribution is 7.91. The number of rotatable bonds is 2. The summed E-state index contributed by atoms with van der Waals surface area (Å²) < 4.78 is 23.5.